The summed E-state index contributed by atoms with van der Waals surface area (Å²) in [6.07, 6.45) is 9.72. The number of aliphatic carboxylic acids is 1. The standard InChI is InChI=1S/C24H30F5NO4S2/c1-14(2)7-5-8-15(3)9-6-10-16(4)11-12-35-13-17(24(31)32)30-36(33,34)23-21(28)19(26)18(25)20(27)22(23)29/h7,9,11,17,30H,5-6,8,10,12-13H2,1-4H3,(H,31,32)/b15-9+,16-11+/t17-/m0/s1. The summed E-state index contributed by atoms with van der Waals surface area (Å²) in [7, 11) is -5.38. The van der Waals surface area contributed by atoms with Crippen molar-refractivity contribution in [3.05, 3.63) is 64.0 Å². The van der Waals surface area contributed by atoms with Crippen LogP contribution in [0, 0.1) is 29.1 Å². The number of thioether (sulfide) groups is 1. The number of carboxylic acid groups (broad SMARTS) is 1. The van der Waals surface area contributed by atoms with Crippen LogP contribution in [0.2, 0.25) is 0 Å². The maximum atomic E-state index is 13.9. The summed E-state index contributed by atoms with van der Waals surface area (Å²) in [6.45, 7) is 8.05. The summed E-state index contributed by atoms with van der Waals surface area (Å²) < 4.78 is 93.8. The summed E-state index contributed by atoms with van der Waals surface area (Å²) in [4.78, 5) is 9.32. The number of carbonyl (C=O) groups is 1. The number of allylic oxidation sites excluding steroid dienone is 5. The number of rotatable bonds is 14. The zero-order valence-corrected chi connectivity index (χ0v) is 22.1. The normalized spacial score (nSPS) is 13.6. The van der Waals surface area contributed by atoms with Crippen molar-refractivity contribution in [2.24, 2.45) is 0 Å². The molecule has 0 radical (unpaired) electrons. The molecule has 1 aromatic carbocycles. The number of halogens is 5. The van der Waals surface area contributed by atoms with Crippen LogP contribution in [0.3, 0.4) is 0 Å². The van der Waals surface area contributed by atoms with E-state index in [0.29, 0.717) is 5.75 Å². The van der Waals surface area contributed by atoms with Crippen molar-refractivity contribution in [2.75, 3.05) is 11.5 Å². The van der Waals surface area contributed by atoms with Crippen LogP contribution in [0.25, 0.3) is 0 Å². The smallest absolute Gasteiger partial charge is 0.322 e. The molecule has 0 aromatic heterocycles. The highest BCUT2D eigenvalue weighted by atomic mass is 32.2. The van der Waals surface area contributed by atoms with Gasteiger partial charge in [-0.05, 0) is 53.4 Å². The lowest BCUT2D eigenvalue weighted by Gasteiger charge is -2.15. The van der Waals surface area contributed by atoms with E-state index in [1.807, 2.05) is 26.8 Å². The van der Waals surface area contributed by atoms with Gasteiger partial charge < -0.3 is 5.11 Å². The van der Waals surface area contributed by atoms with Gasteiger partial charge in [-0.15, -0.1) is 0 Å². The lowest BCUT2D eigenvalue weighted by molar-refractivity contribution is -0.138. The number of benzene rings is 1. The monoisotopic (exact) mass is 555 g/mol. The molecule has 1 rings (SSSR count). The third kappa shape index (κ3) is 9.70. The summed E-state index contributed by atoms with van der Waals surface area (Å²) >= 11 is 1.02. The molecule has 0 spiro atoms. The van der Waals surface area contributed by atoms with E-state index in [2.05, 4.69) is 19.1 Å². The Morgan fingerprint density at radius 3 is 1.83 bits per heavy atom. The Morgan fingerprint density at radius 2 is 1.33 bits per heavy atom. The Bertz CT molecular complexity index is 1110. The van der Waals surface area contributed by atoms with Crippen LogP contribution in [-0.4, -0.2) is 37.0 Å². The van der Waals surface area contributed by atoms with Crippen molar-refractivity contribution < 1.29 is 40.3 Å². The maximum absolute atomic E-state index is 13.9. The molecule has 202 valence electrons. The summed E-state index contributed by atoms with van der Waals surface area (Å²) in [5.74, 6) is -14.3. The topological polar surface area (TPSA) is 83.5 Å². The predicted molar refractivity (Wildman–Crippen MR) is 131 cm³/mol. The second-order valence-electron chi connectivity index (χ2n) is 8.41. The largest absolute Gasteiger partial charge is 0.480 e. The zero-order chi connectivity index (χ0) is 27.6. The Hall–Kier alpha value is -2.18. The molecular formula is C24H30F5NO4S2. The SMILES string of the molecule is CC(C)=CCC/C(C)=C/CC/C(C)=C/CSC[C@H](NS(=O)(=O)c1c(F)c(F)c(F)c(F)c1F)C(=O)O. The fourth-order valence-electron chi connectivity index (χ4n) is 2.95. The Kier molecular flexibility index (Phi) is 12.9. The summed E-state index contributed by atoms with van der Waals surface area (Å²) in [6, 6.07) is -1.87. The first-order valence-corrected chi connectivity index (χ1v) is 13.6. The molecular weight excluding hydrogens is 525 g/mol. The molecule has 2 N–H and O–H groups in total. The van der Waals surface area contributed by atoms with Gasteiger partial charge in [0.1, 0.15) is 6.04 Å². The molecule has 36 heavy (non-hydrogen) atoms. The van der Waals surface area contributed by atoms with E-state index in [1.165, 1.54) is 15.9 Å². The molecule has 0 amide bonds. The van der Waals surface area contributed by atoms with Gasteiger partial charge in [-0.1, -0.05) is 34.9 Å². The molecule has 0 bridgehead atoms. The highest BCUT2D eigenvalue weighted by Gasteiger charge is 2.36. The first-order valence-electron chi connectivity index (χ1n) is 11.0. The molecule has 5 nitrogen and oxygen atoms in total. The number of sulfonamides is 1. The van der Waals surface area contributed by atoms with E-state index in [-0.39, 0.29) is 5.75 Å². The molecule has 12 heteroatoms. The van der Waals surface area contributed by atoms with E-state index >= 15 is 0 Å². The van der Waals surface area contributed by atoms with Crippen LogP contribution in [0.5, 0.6) is 0 Å². The van der Waals surface area contributed by atoms with Crippen molar-refractivity contribution >= 4 is 27.8 Å². The molecule has 1 atom stereocenters. The second-order valence-corrected chi connectivity index (χ2v) is 11.1. The summed E-state index contributed by atoms with van der Waals surface area (Å²) in [5.41, 5.74) is 3.58. The van der Waals surface area contributed by atoms with Gasteiger partial charge in [0.2, 0.25) is 15.8 Å². The van der Waals surface area contributed by atoms with Gasteiger partial charge in [0, 0.05) is 11.5 Å². The third-order valence-corrected chi connectivity index (χ3v) is 7.45. The van der Waals surface area contributed by atoms with E-state index < -0.39 is 56.0 Å². The van der Waals surface area contributed by atoms with Gasteiger partial charge in [-0.25, -0.2) is 30.4 Å². The minimum absolute atomic E-state index is 0.323. The number of nitrogens with one attached hydrogen (secondary N) is 1. The highest BCUT2D eigenvalue weighted by molar-refractivity contribution is 7.99. The Labute approximate surface area is 212 Å². The number of carboxylic acids is 1. The lowest BCUT2D eigenvalue weighted by atomic mass is 10.1. The summed E-state index contributed by atoms with van der Waals surface area (Å²) in [5, 5.41) is 9.28. The van der Waals surface area contributed by atoms with Crippen LogP contribution in [0.4, 0.5) is 22.0 Å². The van der Waals surface area contributed by atoms with Crippen molar-refractivity contribution in [1.82, 2.24) is 4.72 Å². The zero-order valence-electron chi connectivity index (χ0n) is 20.4. The van der Waals surface area contributed by atoms with E-state index in [0.717, 1.165) is 43.0 Å². The quantitative estimate of drug-likeness (QED) is 0.0930. The average molecular weight is 556 g/mol. The van der Waals surface area contributed by atoms with Crippen molar-refractivity contribution in [3.8, 4) is 0 Å². The number of hydrogen-bond acceptors (Lipinski definition) is 4. The predicted octanol–water partition coefficient (Wildman–Crippen LogP) is 6.27. The number of hydrogen-bond donors (Lipinski definition) is 2. The molecule has 0 unspecified atom stereocenters. The molecule has 0 heterocycles. The van der Waals surface area contributed by atoms with Crippen molar-refractivity contribution in [3.63, 3.8) is 0 Å². The average Bonchev–Trinajstić information content (AvgIpc) is 2.77. The molecule has 0 aliphatic rings. The molecule has 0 fully saturated rings. The highest BCUT2D eigenvalue weighted by Crippen LogP contribution is 2.27. The first-order chi connectivity index (χ1) is 16.7. The molecule has 0 saturated heterocycles. The molecule has 0 saturated carbocycles. The lowest BCUT2D eigenvalue weighted by Crippen LogP contribution is -2.43. The fraction of sp³-hybridized carbons (Fsp3) is 0.458. The Balaban J connectivity index is 2.73. The van der Waals surface area contributed by atoms with Gasteiger partial charge in [-0.2, -0.15) is 16.5 Å². The molecule has 0 aliphatic carbocycles. The maximum Gasteiger partial charge on any atom is 0.322 e. The minimum Gasteiger partial charge on any atom is -0.480 e. The van der Waals surface area contributed by atoms with E-state index in [4.69, 9.17) is 0 Å². The van der Waals surface area contributed by atoms with Crippen LogP contribution < -0.4 is 4.72 Å². The molecule has 0 aliphatic heterocycles. The first kappa shape index (κ1) is 31.8. The van der Waals surface area contributed by atoms with Crippen LogP contribution in [-0.2, 0) is 14.8 Å². The van der Waals surface area contributed by atoms with Gasteiger partial charge in [0.15, 0.2) is 28.2 Å². The van der Waals surface area contributed by atoms with E-state index in [1.54, 1.807) is 0 Å². The molecule has 1 aromatic rings. The van der Waals surface area contributed by atoms with Crippen LogP contribution >= 0.6 is 11.8 Å². The fourth-order valence-corrected chi connectivity index (χ4v) is 5.38. The van der Waals surface area contributed by atoms with Gasteiger partial charge >= 0.3 is 5.97 Å². The Morgan fingerprint density at radius 1 is 0.861 bits per heavy atom. The van der Waals surface area contributed by atoms with Crippen molar-refractivity contribution in [2.45, 2.75) is 64.3 Å². The van der Waals surface area contributed by atoms with Crippen LogP contribution in [0.1, 0.15) is 53.4 Å². The van der Waals surface area contributed by atoms with Gasteiger partial charge in [0.25, 0.3) is 0 Å². The minimum atomic E-state index is -5.38. The second kappa shape index (κ2) is 14.5. The van der Waals surface area contributed by atoms with Crippen molar-refractivity contribution in [1.29, 1.82) is 0 Å². The third-order valence-electron chi connectivity index (χ3n) is 4.99. The van der Waals surface area contributed by atoms with E-state index in [9.17, 15) is 40.3 Å². The van der Waals surface area contributed by atoms with Gasteiger partial charge in [0.05, 0.1) is 0 Å². The van der Waals surface area contributed by atoms with Crippen LogP contribution in [0.15, 0.2) is 39.8 Å². The van der Waals surface area contributed by atoms with Gasteiger partial charge in [-0.3, -0.25) is 4.79 Å².